The first kappa shape index (κ1) is 10.8. The molecular formula is C14H19N3. The highest BCUT2D eigenvalue weighted by atomic mass is 15.3. The van der Waals surface area contributed by atoms with Gasteiger partial charge in [-0.3, -0.25) is 4.68 Å². The van der Waals surface area contributed by atoms with E-state index in [-0.39, 0.29) is 0 Å². The molecule has 0 unspecified atom stereocenters. The maximum atomic E-state index is 5.87. The summed E-state index contributed by atoms with van der Waals surface area (Å²) < 4.78 is 2.03. The number of benzene rings is 1. The molecule has 2 aromatic rings. The maximum Gasteiger partial charge on any atom is 0.0926 e. The van der Waals surface area contributed by atoms with Crippen LogP contribution in [0, 0.1) is 11.3 Å². The lowest BCUT2D eigenvalue weighted by Crippen LogP contribution is -2.05. The van der Waals surface area contributed by atoms with Crippen LogP contribution in [0.25, 0.3) is 10.9 Å². The summed E-state index contributed by atoms with van der Waals surface area (Å²) in [5.41, 5.74) is 8.62. The summed E-state index contributed by atoms with van der Waals surface area (Å²) in [4.78, 5) is 0. The van der Waals surface area contributed by atoms with Crippen molar-refractivity contribution in [3.8, 4) is 0 Å². The number of fused-ring (bicyclic) bond motifs is 1. The summed E-state index contributed by atoms with van der Waals surface area (Å²) in [5.74, 6) is 1.13. The second kappa shape index (κ2) is 3.33. The molecule has 1 aromatic heterocycles. The minimum Gasteiger partial charge on any atom is -0.330 e. The molecule has 1 aromatic carbocycles. The van der Waals surface area contributed by atoms with Gasteiger partial charge in [-0.1, -0.05) is 32.0 Å². The lowest BCUT2D eigenvalue weighted by atomic mass is 10.0. The minimum absolute atomic E-state index is 0.311. The van der Waals surface area contributed by atoms with Gasteiger partial charge in [-0.15, -0.1) is 0 Å². The highest BCUT2D eigenvalue weighted by Gasteiger charge is 2.58. The van der Waals surface area contributed by atoms with Crippen molar-refractivity contribution in [2.24, 2.45) is 24.1 Å². The predicted molar refractivity (Wildman–Crippen MR) is 69.8 cm³/mol. The van der Waals surface area contributed by atoms with Gasteiger partial charge in [0.15, 0.2) is 0 Å². The zero-order valence-electron chi connectivity index (χ0n) is 10.6. The van der Waals surface area contributed by atoms with E-state index in [0.29, 0.717) is 17.3 Å². The van der Waals surface area contributed by atoms with Crippen LogP contribution in [0.15, 0.2) is 24.3 Å². The third-order valence-electron chi connectivity index (χ3n) is 4.39. The molecule has 3 nitrogen and oxygen atoms in total. The summed E-state index contributed by atoms with van der Waals surface area (Å²) in [6.45, 7) is 5.37. The molecule has 0 radical (unpaired) electrons. The van der Waals surface area contributed by atoms with Crippen LogP contribution in [0.1, 0.15) is 25.5 Å². The van der Waals surface area contributed by atoms with E-state index in [0.717, 1.165) is 12.1 Å². The normalized spacial score (nSPS) is 26.4. The molecule has 90 valence electrons. The number of hydrogen-bond acceptors (Lipinski definition) is 2. The van der Waals surface area contributed by atoms with E-state index in [2.05, 4.69) is 37.1 Å². The van der Waals surface area contributed by atoms with Crippen molar-refractivity contribution >= 4 is 10.9 Å². The predicted octanol–water partition coefficient (Wildman–Crippen LogP) is 2.27. The Balaban J connectivity index is 2.16. The lowest BCUT2D eigenvalue weighted by Gasteiger charge is -2.04. The number of nitrogens with zero attached hydrogens (tertiary/aromatic N) is 2. The lowest BCUT2D eigenvalue weighted by molar-refractivity contribution is 0.553. The summed E-state index contributed by atoms with van der Waals surface area (Å²) in [6, 6.07) is 8.36. The zero-order chi connectivity index (χ0) is 12.2. The van der Waals surface area contributed by atoms with E-state index in [4.69, 9.17) is 5.73 Å². The molecule has 2 N–H and O–H groups in total. The van der Waals surface area contributed by atoms with Crippen LogP contribution >= 0.6 is 0 Å². The average Bonchev–Trinajstić information content (AvgIpc) is 2.67. The van der Waals surface area contributed by atoms with Crippen LogP contribution in [0.5, 0.6) is 0 Å². The first-order valence-corrected chi connectivity index (χ1v) is 6.19. The summed E-state index contributed by atoms with van der Waals surface area (Å²) in [6.07, 6.45) is 0. The molecule has 0 aliphatic heterocycles. The SMILES string of the molecule is Cn1nc2ccccc2c1[C@H]1[C@H](CN)C1(C)C. The fourth-order valence-electron chi connectivity index (χ4n) is 3.26. The Kier molecular flexibility index (Phi) is 2.11. The highest BCUT2D eigenvalue weighted by molar-refractivity contribution is 5.82. The van der Waals surface area contributed by atoms with Crippen molar-refractivity contribution in [2.75, 3.05) is 6.54 Å². The molecule has 0 spiro atoms. The van der Waals surface area contributed by atoms with Gasteiger partial charge >= 0.3 is 0 Å². The molecule has 1 fully saturated rings. The van der Waals surface area contributed by atoms with Gasteiger partial charge in [0.2, 0.25) is 0 Å². The maximum absolute atomic E-state index is 5.87. The topological polar surface area (TPSA) is 43.8 Å². The van der Waals surface area contributed by atoms with Gasteiger partial charge in [0.1, 0.15) is 0 Å². The first-order chi connectivity index (χ1) is 8.07. The first-order valence-electron chi connectivity index (χ1n) is 6.19. The van der Waals surface area contributed by atoms with Crippen molar-refractivity contribution in [1.29, 1.82) is 0 Å². The second-order valence-electron chi connectivity index (χ2n) is 5.67. The Labute approximate surface area is 102 Å². The van der Waals surface area contributed by atoms with E-state index in [9.17, 15) is 0 Å². The molecule has 17 heavy (non-hydrogen) atoms. The molecule has 1 heterocycles. The fourth-order valence-corrected chi connectivity index (χ4v) is 3.26. The van der Waals surface area contributed by atoms with Gasteiger partial charge < -0.3 is 5.73 Å². The third kappa shape index (κ3) is 1.35. The standard InChI is InChI=1S/C14H19N3/c1-14(2)10(8-15)12(14)13-9-6-4-5-7-11(9)16-17(13)3/h4-7,10,12H,8,15H2,1-3H3/t10-,12+/m0/s1. The number of hydrogen-bond donors (Lipinski definition) is 1. The summed E-state index contributed by atoms with van der Waals surface area (Å²) in [5, 5.41) is 5.87. The Bertz CT molecular complexity index is 568. The Morgan fingerprint density at radius 1 is 1.35 bits per heavy atom. The summed E-state index contributed by atoms with van der Waals surface area (Å²) >= 11 is 0. The van der Waals surface area contributed by atoms with Gasteiger partial charge in [0, 0.05) is 24.0 Å². The van der Waals surface area contributed by atoms with Crippen LogP contribution < -0.4 is 5.73 Å². The van der Waals surface area contributed by atoms with E-state index in [1.165, 1.54) is 11.1 Å². The van der Waals surface area contributed by atoms with Crippen LogP contribution in [-0.4, -0.2) is 16.3 Å². The van der Waals surface area contributed by atoms with E-state index in [1.54, 1.807) is 0 Å². The van der Waals surface area contributed by atoms with Crippen molar-refractivity contribution in [1.82, 2.24) is 9.78 Å². The molecule has 2 atom stereocenters. The van der Waals surface area contributed by atoms with Crippen molar-refractivity contribution in [3.63, 3.8) is 0 Å². The van der Waals surface area contributed by atoms with Crippen molar-refractivity contribution in [3.05, 3.63) is 30.0 Å². The van der Waals surface area contributed by atoms with Crippen LogP contribution in [0.4, 0.5) is 0 Å². The van der Waals surface area contributed by atoms with E-state index >= 15 is 0 Å². The average molecular weight is 229 g/mol. The Morgan fingerprint density at radius 3 is 2.71 bits per heavy atom. The van der Waals surface area contributed by atoms with E-state index in [1.807, 2.05) is 17.8 Å². The van der Waals surface area contributed by atoms with E-state index < -0.39 is 0 Å². The minimum atomic E-state index is 0.311. The number of aryl methyl sites for hydroxylation is 1. The molecule has 3 heteroatoms. The van der Waals surface area contributed by atoms with Gasteiger partial charge in [0.25, 0.3) is 0 Å². The van der Waals surface area contributed by atoms with Crippen molar-refractivity contribution in [2.45, 2.75) is 19.8 Å². The number of nitrogens with two attached hydrogens (primary N) is 1. The van der Waals surface area contributed by atoms with Crippen molar-refractivity contribution < 1.29 is 0 Å². The number of aromatic nitrogens is 2. The molecule has 1 aliphatic rings. The molecule has 3 rings (SSSR count). The van der Waals surface area contributed by atoms with Gasteiger partial charge in [-0.25, -0.2) is 0 Å². The van der Waals surface area contributed by atoms with Gasteiger partial charge in [-0.05, 0) is 23.9 Å². The molecule has 1 saturated carbocycles. The quantitative estimate of drug-likeness (QED) is 0.858. The fraction of sp³-hybridized carbons (Fsp3) is 0.500. The smallest absolute Gasteiger partial charge is 0.0926 e. The molecule has 1 aliphatic carbocycles. The Morgan fingerprint density at radius 2 is 2.06 bits per heavy atom. The molecule has 0 bridgehead atoms. The van der Waals surface area contributed by atoms with Crippen LogP contribution in [-0.2, 0) is 7.05 Å². The summed E-state index contributed by atoms with van der Waals surface area (Å²) in [7, 11) is 2.04. The second-order valence-corrected chi connectivity index (χ2v) is 5.67. The van der Waals surface area contributed by atoms with Crippen LogP contribution in [0.3, 0.4) is 0 Å². The number of rotatable bonds is 2. The monoisotopic (exact) mass is 229 g/mol. The zero-order valence-corrected chi connectivity index (χ0v) is 10.6. The highest BCUT2D eigenvalue weighted by Crippen LogP contribution is 2.64. The third-order valence-corrected chi connectivity index (χ3v) is 4.39. The molecule has 0 saturated heterocycles. The van der Waals surface area contributed by atoms with Gasteiger partial charge in [-0.2, -0.15) is 5.10 Å². The van der Waals surface area contributed by atoms with Gasteiger partial charge in [0.05, 0.1) is 5.52 Å². The largest absolute Gasteiger partial charge is 0.330 e. The van der Waals surface area contributed by atoms with Crippen LogP contribution in [0.2, 0.25) is 0 Å². The molecular weight excluding hydrogens is 210 g/mol. The Hall–Kier alpha value is -1.35. The molecule has 0 amide bonds.